The monoisotopic (exact) mass is 1070 g/mol. The number of rotatable bonds is 14. The van der Waals surface area contributed by atoms with Crippen molar-refractivity contribution < 1.29 is 13.3 Å². The highest BCUT2D eigenvalue weighted by Crippen LogP contribution is 2.49. The van der Waals surface area contributed by atoms with E-state index in [4.69, 9.17) is 13.3 Å². The summed E-state index contributed by atoms with van der Waals surface area (Å²) in [5.41, 5.74) is 21.2. The Morgan fingerprint density at radius 3 is 1.33 bits per heavy atom. The van der Waals surface area contributed by atoms with Gasteiger partial charge >= 0.3 is 0 Å². The van der Waals surface area contributed by atoms with Crippen LogP contribution < -0.4 is 14.7 Å². The van der Waals surface area contributed by atoms with Crippen LogP contribution in [0.3, 0.4) is 0 Å². The number of para-hydroxylation sites is 7. The molecule has 6 nitrogen and oxygen atoms in total. The van der Waals surface area contributed by atoms with Crippen molar-refractivity contribution in [3.8, 4) is 0 Å². The number of fused-ring (bicyclic) bond motifs is 9. The first-order chi connectivity index (χ1) is 38.8. The van der Waals surface area contributed by atoms with Gasteiger partial charge in [-0.15, -0.1) is 0 Å². The number of aryl methyl sites for hydroxylation is 2. The van der Waals surface area contributed by atoms with E-state index in [1.54, 1.807) is 0 Å². The standard InChI is InChI=1S/C75H77N3O3/c1-15-48-27-17-20-37-60(48)77(13)62-39-25-30-53-52-29-22-34-57(67(52)79-70(53)62)74(8,9)44-50-41-43-64(78(14)61-38-21-18-28-51(61)46(2)3)72-66(50)55-32-24-35-58(69(55)81-72)75(10,11)45-49-40-42-63(76(12)59-36-19-16-26-47(59)4)71-65(49)54-31-23-33-56(68(54)80-71)73(5,6)7/h16-43,46H,15,44-45H2,1-14H3. The maximum Gasteiger partial charge on any atom is 0.159 e. The third-order valence-electron chi connectivity index (χ3n) is 17.7. The van der Waals surface area contributed by atoms with Gasteiger partial charge in [-0.25, -0.2) is 0 Å². The summed E-state index contributed by atoms with van der Waals surface area (Å²) in [6.07, 6.45) is 2.45. The molecule has 0 N–H and O–H groups in total. The van der Waals surface area contributed by atoms with Crippen LogP contribution in [0.4, 0.5) is 34.1 Å². The van der Waals surface area contributed by atoms with Crippen LogP contribution in [0.2, 0.25) is 0 Å². The largest absolute Gasteiger partial charge is 0.454 e. The molecule has 0 fully saturated rings. The van der Waals surface area contributed by atoms with E-state index in [0.29, 0.717) is 5.92 Å². The van der Waals surface area contributed by atoms with Crippen LogP contribution in [0, 0.1) is 6.92 Å². The van der Waals surface area contributed by atoms with Crippen LogP contribution in [0.25, 0.3) is 65.8 Å². The van der Waals surface area contributed by atoms with Crippen molar-refractivity contribution in [2.75, 3.05) is 35.8 Å². The topological polar surface area (TPSA) is 49.1 Å². The zero-order valence-electron chi connectivity index (χ0n) is 49.9. The Hall–Kier alpha value is -8.22. The van der Waals surface area contributed by atoms with E-state index in [1.165, 1.54) is 61.3 Å². The lowest BCUT2D eigenvalue weighted by molar-refractivity contribution is 0.516. The van der Waals surface area contributed by atoms with E-state index in [9.17, 15) is 0 Å². The fourth-order valence-corrected chi connectivity index (χ4v) is 13.4. The van der Waals surface area contributed by atoms with Gasteiger partial charge in [0.25, 0.3) is 0 Å². The minimum Gasteiger partial charge on any atom is -0.454 e. The van der Waals surface area contributed by atoms with Crippen molar-refractivity contribution in [1.82, 2.24) is 0 Å². The van der Waals surface area contributed by atoms with Crippen molar-refractivity contribution >= 4 is 99.9 Å². The molecule has 3 heterocycles. The van der Waals surface area contributed by atoms with Crippen LogP contribution in [-0.4, -0.2) is 21.1 Å². The number of benzene rings is 9. The summed E-state index contributed by atoms with van der Waals surface area (Å²) in [7, 11) is 6.51. The van der Waals surface area contributed by atoms with Crippen molar-refractivity contribution in [3.05, 3.63) is 214 Å². The van der Waals surface area contributed by atoms with Crippen LogP contribution in [0.1, 0.15) is 120 Å². The highest BCUT2D eigenvalue weighted by molar-refractivity contribution is 6.14. The second-order valence-electron chi connectivity index (χ2n) is 25.4. The van der Waals surface area contributed by atoms with Gasteiger partial charge in [0.2, 0.25) is 0 Å². The van der Waals surface area contributed by atoms with Gasteiger partial charge in [-0.05, 0) is 113 Å². The maximum atomic E-state index is 7.56. The fourth-order valence-electron chi connectivity index (χ4n) is 13.4. The van der Waals surface area contributed by atoms with Gasteiger partial charge in [-0.3, -0.25) is 0 Å². The van der Waals surface area contributed by atoms with Crippen LogP contribution in [0.15, 0.2) is 183 Å². The molecule has 0 saturated carbocycles. The van der Waals surface area contributed by atoms with Gasteiger partial charge in [-0.2, -0.15) is 0 Å². The molecule has 9 aromatic carbocycles. The lowest BCUT2D eigenvalue weighted by Crippen LogP contribution is -2.21. The molecule has 3 aromatic heterocycles. The molecule has 81 heavy (non-hydrogen) atoms. The van der Waals surface area contributed by atoms with Gasteiger partial charge in [0, 0.05) is 87.2 Å². The number of nitrogens with zero attached hydrogens (tertiary/aromatic N) is 3. The average molecular weight is 1070 g/mol. The first-order valence-electron chi connectivity index (χ1n) is 29.1. The smallest absolute Gasteiger partial charge is 0.159 e. The Morgan fingerprint density at radius 2 is 0.778 bits per heavy atom. The summed E-state index contributed by atoms with van der Waals surface area (Å²) in [6, 6.07) is 62.1. The SMILES string of the molecule is CCc1ccccc1N(C)c1cccc2c1oc1c(C(C)(C)Cc3ccc(N(C)c4ccccc4C(C)C)c4oc5c(C(C)(C)Cc6ccc(N(C)c7ccccc7C)c7oc8c(C(C)(C)C)cccc8c67)cccc5c34)cccc12. The third kappa shape index (κ3) is 9.03. The Balaban J connectivity index is 1.01. The molecule has 12 aromatic rings. The number of hydrogen-bond acceptors (Lipinski definition) is 6. The van der Waals surface area contributed by atoms with Gasteiger partial charge in [0.05, 0.1) is 17.1 Å². The van der Waals surface area contributed by atoms with Crippen LogP contribution >= 0.6 is 0 Å². The number of anilines is 6. The molecule has 0 radical (unpaired) electrons. The second-order valence-corrected chi connectivity index (χ2v) is 25.4. The second kappa shape index (κ2) is 20.1. The predicted octanol–water partition coefficient (Wildman–Crippen LogP) is 21.0. The minimum absolute atomic E-state index is 0.118. The average Bonchev–Trinajstić information content (AvgIpc) is 4.36. The van der Waals surface area contributed by atoms with Crippen molar-refractivity contribution in [2.24, 2.45) is 0 Å². The summed E-state index contributed by atoms with van der Waals surface area (Å²) in [6.45, 7) is 25.3. The normalized spacial score (nSPS) is 12.6. The van der Waals surface area contributed by atoms with Crippen LogP contribution in [0.5, 0.6) is 0 Å². The molecule has 0 spiro atoms. The molecular weight excluding hydrogens is 991 g/mol. The fraction of sp³-hybridized carbons (Fsp3) is 0.280. The quantitative estimate of drug-likeness (QED) is 0.108. The third-order valence-corrected chi connectivity index (χ3v) is 17.7. The number of furan rings is 3. The Labute approximate surface area is 478 Å². The van der Waals surface area contributed by atoms with E-state index in [0.717, 1.165) is 102 Å². The van der Waals surface area contributed by atoms with E-state index in [2.05, 4.69) is 282 Å². The predicted molar refractivity (Wildman–Crippen MR) is 345 cm³/mol. The van der Waals surface area contributed by atoms with Gasteiger partial charge in [0.1, 0.15) is 16.7 Å². The molecule has 0 aliphatic carbocycles. The summed E-state index contributed by atoms with van der Waals surface area (Å²) >= 11 is 0. The Morgan fingerprint density at radius 1 is 0.370 bits per heavy atom. The first-order valence-corrected chi connectivity index (χ1v) is 29.1. The zero-order chi connectivity index (χ0) is 56.9. The molecule has 0 bridgehead atoms. The van der Waals surface area contributed by atoms with Crippen LogP contribution in [-0.2, 0) is 35.5 Å². The highest BCUT2D eigenvalue weighted by Gasteiger charge is 2.34. The number of hydrogen-bond donors (Lipinski definition) is 0. The summed E-state index contributed by atoms with van der Waals surface area (Å²) in [5, 5.41) is 6.84. The molecule has 0 amide bonds. The molecule has 0 unspecified atom stereocenters. The van der Waals surface area contributed by atoms with Crippen molar-refractivity contribution in [1.29, 1.82) is 0 Å². The maximum absolute atomic E-state index is 7.56. The first kappa shape index (κ1) is 53.4. The molecule has 0 saturated heterocycles. The summed E-state index contributed by atoms with van der Waals surface area (Å²) < 4.78 is 21.9. The van der Waals surface area contributed by atoms with E-state index in [1.807, 2.05) is 0 Å². The van der Waals surface area contributed by atoms with E-state index >= 15 is 0 Å². The van der Waals surface area contributed by atoms with E-state index < -0.39 is 0 Å². The highest BCUT2D eigenvalue weighted by atomic mass is 16.3. The minimum atomic E-state index is -0.382. The molecule has 12 rings (SSSR count). The van der Waals surface area contributed by atoms with Gasteiger partial charge in [0.15, 0.2) is 16.7 Å². The zero-order valence-corrected chi connectivity index (χ0v) is 49.9. The molecule has 0 aliphatic heterocycles. The summed E-state index contributed by atoms with van der Waals surface area (Å²) in [5.74, 6) is 0.336. The van der Waals surface area contributed by atoms with Crippen molar-refractivity contribution in [2.45, 2.75) is 118 Å². The molecule has 0 atom stereocenters. The Bertz CT molecular complexity index is 4380. The summed E-state index contributed by atoms with van der Waals surface area (Å²) in [4.78, 5) is 6.91. The van der Waals surface area contributed by atoms with Crippen molar-refractivity contribution in [3.63, 3.8) is 0 Å². The van der Waals surface area contributed by atoms with E-state index in [-0.39, 0.29) is 16.2 Å². The molecular formula is C75H77N3O3. The lowest BCUT2D eigenvalue weighted by Gasteiger charge is -2.27. The Kier molecular flexibility index (Phi) is 13.3. The van der Waals surface area contributed by atoms with Gasteiger partial charge < -0.3 is 28.0 Å². The van der Waals surface area contributed by atoms with Gasteiger partial charge in [-0.1, -0.05) is 203 Å². The molecule has 0 aliphatic rings. The molecule has 6 heteroatoms. The molecule has 410 valence electrons. The lowest BCUT2D eigenvalue weighted by atomic mass is 9.76.